The monoisotopic (exact) mass is 485 g/mol. The average molecular weight is 486 g/mol. The molecule has 0 spiro atoms. The first kappa shape index (κ1) is 24.7. The van der Waals surface area contributed by atoms with Crippen LogP contribution in [-0.2, 0) is 14.6 Å². The molecule has 1 amide bonds. The van der Waals surface area contributed by atoms with Gasteiger partial charge in [0.15, 0.2) is 10.1 Å². The highest BCUT2D eigenvalue weighted by Gasteiger charge is 2.24. The Morgan fingerprint density at radius 1 is 1.09 bits per heavy atom. The highest BCUT2D eigenvalue weighted by Crippen LogP contribution is 2.25. The van der Waals surface area contributed by atoms with Gasteiger partial charge in [-0.2, -0.15) is 0 Å². The van der Waals surface area contributed by atoms with E-state index in [1.54, 1.807) is 12.1 Å². The lowest BCUT2D eigenvalue weighted by molar-refractivity contribution is -0.115. The molecule has 33 heavy (non-hydrogen) atoms. The molecule has 0 aliphatic rings. The molecule has 1 aromatic heterocycles. The van der Waals surface area contributed by atoms with E-state index in [-0.39, 0.29) is 21.9 Å². The number of aryl methyl sites for hydroxylation is 1. The summed E-state index contributed by atoms with van der Waals surface area (Å²) in [6.07, 6.45) is 1.55. The fraction of sp³-hybridized carbons (Fsp3) is 0.292. The SMILES string of the molecule is CCC(Sc1ncc(S(=O)(=O)c2ccc(C(C)C)cc2)c(=O)[nH]1)C(=O)Nc1ccc(C)cc1. The van der Waals surface area contributed by atoms with E-state index in [0.29, 0.717) is 12.1 Å². The maximum atomic E-state index is 12.9. The van der Waals surface area contributed by atoms with Crippen molar-refractivity contribution in [1.82, 2.24) is 9.97 Å². The van der Waals surface area contributed by atoms with Gasteiger partial charge in [0.2, 0.25) is 15.7 Å². The maximum absolute atomic E-state index is 12.9. The summed E-state index contributed by atoms with van der Waals surface area (Å²) in [6.45, 7) is 7.84. The predicted molar refractivity (Wildman–Crippen MR) is 131 cm³/mol. The first-order valence-electron chi connectivity index (χ1n) is 10.6. The fourth-order valence-electron chi connectivity index (χ4n) is 3.09. The van der Waals surface area contributed by atoms with Gasteiger partial charge in [-0.3, -0.25) is 9.59 Å². The summed E-state index contributed by atoms with van der Waals surface area (Å²) in [5.41, 5.74) is 2.00. The molecule has 9 heteroatoms. The number of carbonyl (C=O) groups is 1. The number of nitrogens with one attached hydrogen (secondary N) is 2. The van der Waals surface area contributed by atoms with E-state index in [1.807, 2.05) is 52.0 Å². The largest absolute Gasteiger partial charge is 0.325 e. The summed E-state index contributed by atoms with van der Waals surface area (Å²) in [5.74, 6) is 0.0359. The van der Waals surface area contributed by atoms with Crippen LogP contribution >= 0.6 is 11.8 Å². The van der Waals surface area contributed by atoms with Gasteiger partial charge in [-0.05, 0) is 49.1 Å². The van der Waals surface area contributed by atoms with E-state index < -0.39 is 25.5 Å². The number of sulfone groups is 1. The lowest BCUT2D eigenvalue weighted by atomic mass is 10.0. The lowest BCUT2D eigenvalue weighted by Crippen LogP contribution is -2.26. The smallest absolute Gasteiger partial charge is 0.270 e. The van der Waals surface area contributed by atoms with Crippen LogP contribution in [0.2, 0.25) is 0 Å². The highest BCUT2D eigenvalue weighted by molar-refractivity contribution is 8.00. The summed E-state index contributed by atoms with van der Waals surface area (Å²) in [4.78, 5) is 31.5. The number of thioether (sulfide) groups is 1. The number of aromatic nitrogens is 2. The van der Waals surface area contributed by atoms with Crippen molar-refractivity contribution in [2.75, 3.05) is 5.32 Å². The Morgan fingerprint density at radius 2 is 1.73 bits per heavy atom. The Balaban J connectivity index is 1.78. The molecule has 1 heterocycles. The van der Waals surface area contributed by atoms with E-state index in [0.717, 1.165) is 29.1 Å². The number of aromatic amines is 1. The number of amides is 1. The van der Waals surface area contributed by atoms with Crippen molar-refractivity contribution in [1.29, 1.82) is 0 Å². The van der Waals surface area contributed by atoms with E-state index in [1.165, 1.54) is 12.1 Å². The van der Waals surface area contributed by atoms with Crippen LogP contribution in [0, 0.1) is 6.92 Å². The number of benzene rings is 2. The molecular formula is C24H27N3O4S2. The minimum absolute atomic E-state index is 0.0310. The molecule has 3 rings (SSSR count). The molecule has 2 aromatic carbocycles. The van der Waals surface area contributed by atoms with Crippen LogP contribution in [0.3, 0.4) is 0 Å². The van der Waals surface area contributed by atoms with Crippen LogP contribution in [0.5, 0.6) is 0 Å². The summed E-state index contributed by atoms with van der Waals surface area (Å²) in [5, 5.41) is 2.52. The lowest BCUT2D eigenvalue weighted by Gasteiger charge is -2.14. The van der Waals surface area contributed by atoms with Gasteiger partial charge in [-0.25, -0.2) is 13.4 Å². The average Bonchev–Trinajstić information content (AvgIpc) is 2.78. The van der Waals surface area contributed by atoms with Gasteiger partial charge in [-0.1, -0.05) is 62.4 Å². The minimum atomic E-state index is -4.02. The van der Waals surface area contributed by atoms with Gasteiger partial charge in [0.1, 0.15) is 0 Å². The van der Waals surface area contributed by atoms with Crippen LogP contribution in [0.1, 0.15) is 44.2 Å². The molecule has 0 bridgehead atoms. The van der Waals surface area contributed by atoms with Crippen molar-refractivity contribution in [2.24, 2.45) is 0 Å². The fourth-order valence-corrected chi connectivity index (χ4v) is 5.20. The van der Waals surface area contributed by atoms with Gasteiger partial charge in [-0.15, -0.1) is 0 Å². The van der Waals surface area contributed by atoms with Crippen molar-refractivity contribution >= 4 is 33.2 Å². The predicted octanol–water partition coefficient (Wildman–Crippen LogP) is 4.54. The Kier molecular flexibility index (Phi) is 7.76. The molecule has 0 fully saturated rings. The summed E-state index contributed by atoms with van der Waals surface area (Å²) in [7, 11) is -4.02. The molecule has 0 saturated carbocycles. The third-order valence-electron chi connectivity index (χ3n) is 5.13. The molecule has 7 nitrogen and oxygen atoms in total. The zero-order valence-corrected chi connectivity index (χ0v) is 20.6. The topological polar surface area (TPSA) is 109 Å². The van der Waals surface area contributed by atoms with E-state index in [9.17, 15) is 18.0 Å². The minimum Gasteiger partial charge on any atom is -0.325 e. The van der Waals surface area contributed by atoms with Gasteiger partial charge < -0.3 is 10.3 Å². The van der Waals surface area contributed by atoms with E-state index in [4.69, 9.17) is 0 Å². The first-order valence-corrected chi connectivity index (χ1v) is 13.0. The molecule has 0 aliphatic heterocycles. The van der Waals surface area contributed by atoms with Gasteiger partial charge >= 0.3 is 0 Å². The number of nitrogens with zero attached hydrogens (tertiary/aromatic N) is 1. The Bertz CT molecular complexity index is 1280. The second-order valence-corrected chi connectivity index (χ2v) is 11.1. The van der Waals surface area contributed by atoms with Crippen LogP contribution in [0.15, 0.2) is 74.5 Å². The Morgan fingerprint density at radius 3 is 2.27 bits per heavy atom. The number of anilines is 1. The third kappa shape index (κ3) is 5.91. The zero-order chi connectivity index (χ0) is 24.2. The van der Waals surface area contributed by atoms with Crippen LogP contribution in [0.25, 0.3) is 0 Å². The normalized spacial score (nSPS) is 12.5. The molecule has 2 N–H and O–H groups in total. The van der Waals surface area contributed by atoms with Gasteiger partial charge in [0.05, 0.1) is 16.3 Å². The summed E-state index contributed by atoms with van der Waals surface area (Å²) in [6, 6.07) is 13.9. The molecule has 0 aliphatic carbocycles. The van der Waals surface area contributed by atoms with Crippen molar-refractivity contribution in [2.45, 2.75) is 60.2 Å². The van der Waals surface area contributed by atoms with Crippen LogP contribution < -0.4 is 10.9 Å². The molecule has 0 radical (unpaired) electrons. The van der Waals surface area contributed by atoms with Crippen LogP contribution in [-0.4, -0.2) is 29.5 Å². The third-order valence-corrected chi connectivity index (χ3v) is 8.15. The van der Waals surface area contributed by atoms with E-state index >= 15 is 0 Å². The standard InChI is InChI=1S/C24H27N3O4S2/c1-5-20(22(28)26-18-10-6-16(4)7-11-18)32-24-25-14-21(23(29)27-24)33(30,31)19-12-8-17(9-13-19)15(2)3/h6-15,20H,5H2,1-4H3,(H,26,28)(H,25,27,29). The van der Waals surface area contributed by atoms with Crippen molar-refractivity contribution in [3.8, 4) is 0 Å². The molecule has 1 unspecified atom stereocenters. The summed E-state index contributed by atoms with van der Waals surface area (Å²) >= 11 is 1.08. The maximum Gasteiger partial charge on any atom is 0.270 e. The second-order valence-electron chi connectivity index (χ2n) is 7.98. The number of carbonyl (C=O) groups excluding carboxylic acids is 1. The van der Waals surface area contributed by atoms with Crippen molar-refractivity contribution in [3.63, 3.8) is 0 Å². The van der Waals surface area contributed by atoms with Gasteiger partial charge in [0, 0.05) is 5.69 Å². The molecule has 1 atom stereocenters. The zero-order valence-electron chi connectivity index (χ0n) is 19.0. The van der Waals surface area contributed by atoms with Gasteiger partial charge in [0.25, 0.3) is 5.56 Å². The Hall–Kier alpha value is -2.91. The van der Waals surface area contributed by atoms with E-state index in [2.05, 4.69) is 15.3 Å². The number of H-pyrrole nitrogens is 1. The van der Waals surface area contributed by atoms with Crippen molar-refractivity contribution in [3.05, 3.63) is 76.2 Å². The first-order chi connectivity index (χ1) is 15.6. The molecule has 3 aromatic rings. The second kappa shape index (κ2) is 10.4. The quantitative estimate of drug-likeness (QED) is 0.358. The highest BCUT2D eigenvalue weighted by atomic mass is 32.2. The number of rotatable bonds is 8. The number of hydrogen-bond acceptors (Lipinski definition) is 6. The Labute approximate surface area is 198 Å². The van der Waals surface area contributed by atoms with Crippen molar-refractivity contribution < 1.29 is 13.2 Å². The molecule has 0 saturated heterocycles. The van der Waals surface area contributed by atoms with Crippen LogP contribution in [0.4, 0.5) is 5.69 Å². The number of hydrogen-bond donors (Lipinski definition) is 2. The molecular weight excluding hydrogens is 458 g/mol. The summed E-state index contributed by atoms with van der Waals surface area (Å²) < 4.78 is 25.9. The molecule has 174 valence electrons.